The van der Waals surface area contributed by atoms with Crippen molar-refractivity contribution in [2.75, 3.05) is 6.61 Å². The van der Waals surface area contributed by atoms with Gasteiger partial charge in [0.05, 0.1) is 0 Å². The van der Waals surface area contributed by atoms with Gasteiger partial charge in [-0.2, -0.15) is 0 Å². The van der Waals surface area contributed by atoms with Crippen LogP contribution in [0.4, 0.5) is 0 Å². The topological polar surface area (TPSA) is 55.3 Å². The molecule has 0 saturated carbocycles. The maximum atomic E-state index is 10.1. The van der Waals surface area contributed by atoms with Crippen molar-refractivity contribution in [2.45, 2.75) is 19.8 Å². The fraction of sp³-hybridized carbons (Fsp3) is 1.00. The summed E-state index contributed by atoms with van der Waals surface area (Å²) < 4.78 is 4.28. The van der Waals surface area contributed by atoms with E-state index in [1.165, 1.54) is 0 Å². The average molecular weight is 214 g/mol. The van der Waals surface area contributed by atoms with Gasteiger partial charge < -0.3 is 14.3 Å². The maximum absolute atomic E-state index is 10.1. The van der Waals surface area contributed by atoms with Gasteiger partial charge in [-0.15, -0.1) is 11.8 Å². The number of hydrogen-bond acceptors (Lipinski definition) is 4. The summed E-state index contributed by atoms with van der Waals surface area (Å²) in [6.07, 6.45) is 1.65. The zero-order valence-corrected chi connectivity index (χ0v) is 12.9. The first-order valence-corrected chi connectivity index (χ1v) is 5.28. The molecule has 0 bridgehead atoms. The Bertz CT molecular complexity index is 118. The first-order valence-electron chi connectivity index (χ1n) is 2.73. The Morgan fingerprint density at radius 3 is 2.09 bits per heavy atom. The molecule has 0 aliphatic carbocycles. The second kappa shape index (κ2) is 10.6. The van der Waals surface area contributed by atoms with Crippen LogP contribution >= 0.6 is 6.72 Å². The molecule has 7 heteroatoms. The van der Waals surface area contributed by atoms with Gasteiger partial charge >= 0.3 is 59.1 Å². The van der Waals surface area contributed by atoms with E-state index in [0.717, 1.165) is 12.8 Å². The van der Waals surface area contributed by atoms with Crippen LogP contribution in [0.15, 0.2) is 0 Å². The van der Waals surface area contributed by atoms with Crippen LogP contribution in [0.25, 0.3) is 0 Å². The average Bonchev–Trinajstić information content (AvgIpc) is 1.63. The fourth-order valence-corrected chi connectivity index (χ4v) is 0.897. The largest absolute Gasteiger partial charge is 1.00 e. The second-order valence-corrected chi connectivity index (χ2v) is 4.13. The maximum Gasteiger partial charge on any atom is 1.00 e. The molecule has 0 aromatic rings. The SMILES string of the molecule is CCCCOP([O-])([O-])=S.[Na+].[Na+]. The molecule has 0 aliphatic heterocycles. The third-order valence-electron chi connectivity index (χ3n) is 0.747. The Morgan fingerprint density at radius 1 is 1.36 bits per heavy atom. The van der Waals surface area contributed by atoms with Gasteiger partial charge in [-0.1, -0.05) is 20.1 Å². The first kappa shape index (κ1) is 19.2. The van der Waals surface area contributed by atoms with E-state index in [9.17, 15) is 9.79 Å². The van der Waals surface area contributed by atoms with Crippen LogP contribution in [-0.2, 0) is 16.3 Å². The molecule has 0 heterocycles. The van der Waals surface area contributed by atoms with Crippen LogP contribution < -0.4 is 68.9 Å². The molecule has 3 nitrogen and oxygen atoms in total. The third kappa shape index (κ3) is 19.1. The van der Waals surface area contributed by atoms with Crippen LogP contribution in [0, 0.1) is 0 Å². The third-order valence-corrected chi connectivity index (χ3v) is 1.56. The van der Waals surface area contributed by atoms with Crippen molar-refractivity contribution >= 4 is 18.5 Å². The number of rotatable bonds is 4. The van der Waals surface area contributed by atoms with Gasteiger partial charge in [0.25, 0.3) is 0 Å². The van der Waals surface area contributed by atoms with E-state index in [2.05, 4.69) is 16.3 Å². The van der Waals surface area contributed by atoms with Crippen molar-refractivity contribution in [3.05, 3.63) is 0 Å². The molecule has 0 aromatic carbocycles. The van der Waals surface area contributed by atoms with Gasteiger partial charge in [0.2, 0.25) is 0 Å². The van der Waals surface area contributed by atoms with Crippen LogP contribution in [-0.4, -0.2) is 6.61 Å². The van der Waals surface area contributed by atoms with Crippen molar-refractivity contribution in [2.24, 2.45) is 0 Å². The minimum Gasteiger partial charge on any atom is -0.812 e. The van der Waals surface area contributed by atoms with Crippen molar-refractivity contribution in [1.82, 2.24) is 0 Å². The summed E-state index contributed by atoms with van der Waals surface area (Å²) in [5.74, 6) is 0. The zero-order chi connectivity index (χ0) is 7.33. The Kier molecular flexibility index (Phi) is 18.5. The zero-order valence-electron chi connectivity index (χ0n) is 7.20. The Labute approximate surface area is 117 Å². The molecule has 0 fully saturated rings. The van der Waals surface area contributed by atoms with Crippen LogP contribution in [0.2, 0.25) is 0 Å². The first-order chi connectivity index (χ1) is 4.06. The molecule has 0 radical (unpaired) electrons. The van der Waals surface area contributed by atoms with Crippen LogP contribution in [0.5, 0.6) is 0 Å². The molecule has 0 N–H and O–H groups in total. The molecule has 0 unspecified atom stereocenters. The minimum absolute atomic E-state index is 0. The summed E-state index contributed by atoms with van der Waals surface area (Å²) in [6.45, 7) is -1.69. The molecule has 56 valence electrons. The molecule has 0 aliphatic rings. The smallest absolute Gasteiger partial charge is 0.812 e. The molecule has 11 heavy (non-hydrogen) atoms. The normalized spacial score (nSPS) is 9.73. The molecule has 0 rings (SSSR count). The van der Waals surface area contributed by atoms with Gasteiger partial charge in [0.15, 0.2) is 0 Å². The van der Waals surface area contributed by atoms with E-state index >= 15 is 0 Å². The summed E-state index contributed by atoms with van der Waals surface area (Å²) in [7, 11) is 0. The number of hydrogen-bond donors (Lipinski definition) is 0. The van der Waals surface area contributed by atoms with Gasteiger partial charge in [-0.05, 0) is 6.42 Å². The van der Waals surface area contributed by atoms with E-state index < -0.39 is 6.72 Å². The molecule has 0 saturated heterocycles. The van der Waals surface area contributed by atoms with Crippen LogP contribution in [0.3, 0.4) is 0 Å². The summed E-state index contributed by atoms with van der Waals surface area (Å²) in [4.78, 5) is 20.3. The number of unbranched alkanes of at least 4 members (excludes halogenated alkanes) is 1. The molecule has 0 aromatic heterocycles. The van der Waals surface area contributed by atoms with Gasteiger partial charge in [0, 0.05) is 6.61 Å². The summed E-state index contributed by atoms with van der Waals surface area (Å²) >= 11 is 3.98. The van der Waals surface area contributed by atoms with Crippen molar-refractivity contribution in [3.8, 4) is 0 Å². The molecule has 0 amide bonds. The monoisotopic (exact) mass is 214 g/mol. The summed E-state index contributed by atoms with van der Waals surface area (Å²) in [6, 6.07) is 0. The van der Waals surface area contributed by atoms with Crippen molar-refractivity contribution in [1.29, 1.82) is 0 Å². The van der Waals surface area contributed by atoms with Gasteiger partial charge in [-0.25, -0.2) is 0 Å². The Hall–Kier alpha value is 2.53. The standard InChI is InChI=1S/C4H11O3PS.2Na/c1-2-3-4-7-8(5,6)9;;/h2-4H2,1H3,(H2,5,6,9);;/q;2*+1/p-2. The van der Waals surface area contributed by atoms with E-state index in [1.54, 1.807) is 0 Å². The quantitative estimate of drug-likeness (QED) is 0.265. The minimum atomic E-state index is -3.86. The molecular weight excluding hydrogens is 205 g/mol. The fourth-order valence-electron chi connectivity index (χ4n) is 0.321. The predicted molar refractivity (Wildman–Crippen MR) is 35.1 cm³/mol. The summed E-state index contributed by atoms with van der Waals surface area (Å²) in [5.41, 5.74) is 0. The van der Waals surface area contributed by atoms with Crippen molar-refractivity contribution in [3.63, 3.8) is 0 Å². The van der Waals surface area contributed by atoms with E-state index in [0.29, 0.717) is 0 Å². The summed E-state index contributed by atoms with van der Waals surface area (Å²) in [5, 5.41) is 0. The van der Waals surface area contributed by atoms with E-state index in [4.69, 9.17) is 0 Å². The molecular formula is C4H9Na2O3PS. The predicted octanol–water partition coefficient (Wildman–Crippen LogP) is -6.24. The van der Waals surface area contributed by atoms with E-state index in [-0.39, 0.29) is 65.7 Å². The van der Waals surface area contributed by atoms with Crippen LogP contribution in [0.1, 0.15) is 19.8 Å². The van der Waals surface area contributed by atoms with Crippen molar-refractivity contribution < 1.29 is 73.4 Å². The Balaban J connectivity index is -0.000000320. The van der Waals surface area contributed by atoms with Gasteiger partial charge in [0.1, 0.15) is 0 Å². The molecule has 0 atom stereocenters. The Morgan fingerprint density at radius 2 is 1.82 bits per heavy atom. The molecule has 0 spiro atoms. The van der Waals surface area contributed by atoms with Gasteiger partial charge in [-0.3, -0.25) is 0 Å². The van der Waals surface area contributed by atoms with E-state index in [1.807, 2.05) is 6.92 Å². The second-order valence-electron chi connectivity index (χ2n) is 1.63.